The van der Waals surface area contributed by atoms with Crippen LogP contribution in [-0.4, -0.2) is 30.9 Å². The zero-order valence-corrected chi connectivity index (χ0v) is 21.6. The molecular formula is C27H23BClN5O2S. The van der Waals surface area contributed by atoms with Crippen LogP contribution in [-0.2, 0) is 23.1 Å². The fourth-order valence-corrected chi connectivity index (χ4v) is 5.56. The van der Waals surface area contributed by atoms with E-state index in [0.29, 0.717) is 39.8 Å². The monoisotopic (exact) mass is 527 g/mol. The number of sulfonamides is 1. The third-order valence-electron chi connectivity index (χ3n) is 5.96. The SMILES string of the molecule is [B]c1cnn2c(NCc3cccc(CNS(=O)(=O)c4ccccc4C)c3)cc(-c3ccccc3Cl)nc12. The van der Waals surface area contributed by atoms with Crippen molar-refractivity contribution in [1.29, 1.82) is 0 Å². The molecule has 2 radical (unpaired) electrons. The molecule has 2 N–H and O–H groups in total. The molecule has 0 atom stereocenters. The summed E-state index contributed by atoms with van der Waals surface area (Å²) >= 11 is 6.41. The van der Waals surface area contributed by atoms with Gasteiger partial charge in [0.05, 0.1) is 10.6 Å². The first-order valence-electron chi connectivity index (χ1n) is 11.6. The minimum absolute atomic E-state index is 0.177. The van der Waals surface area contributed by atoms with Gasteiger partial charge >= 0.3 is 0 Å². The van der Waals surface area contributed by atoms with Crippen LogP contribution in [0.2, 0.25) is 5.02 Å². The molecule has 5 rings (SSSR count). The van der Waals surface area contributed by atoms with Gasteiger partial charge in [-0.1, -0.05) is 72.3 Å². The lowest BCUT2D eigenvalue weighted by Crippen LogP contribution is -2.24. The van der Waals surface area contributed by atoms with E-state index in [1.54, 1.807) is 35.8 Å². The third-order valence-corrected chi connectivity index (χ3v) is 7.85. The molecule has 0 aliphatic carbocycles. The van der Waals surface area contributed by atoms with Gasteiger partial charge in [0.15, 0.2) is 5.65 Å². The molecule has 0 unspecified atom stereocenters. The van der Waals surface area contributed by atoms with Crippen molar-refractivity contribution in [2.24, 2.45) is 0 Å². The van der Waals surface area contributed by atoms with Crippen LogP contribution in [0.1, 0.15) is 16.7 Å². The summed E-state index contributed by atoms with van der Waals surface area (Å²) in [6.07, 6.45) is 1.56. The van der Waals surface area contributed by atoms with Crippen LogP contribution in [0.25, 0.3) is 16.9 Å². The summed E-state index contributed by atoms with van der Waals surface area (Å²) in [6, 6.07) is 24.0. The molecule has 5 aromatic rings. The van der Waals surface area contributed by atoms with Crippen LogP contribution in [0.3, 0.4) is 0 Å². The average molecular weight is 528 g/mol. The second-order valence-electron chi connectivity index (χ2n) is 8.61. The van der Waals surface area contributed by atoms with Crippen molar-refractivity contribution in [3.05, 3.63) is 107 Å². The van der Waals surface area contributed by atoms with Crippen LogP contribution in [0.5, 0.6) is 0 Å². The fourth-order valence-electron chi connectivity index (χ4n) is 4.07. The zero-order chi connectivity index (χ0) is 26.0. The van der Waals surface area contributed by atoms with Gasteiger partial charge in [-0.05, 0) is 41.2 Å². The highest BCUT2D eigenvalue weighted by molar-refractivity contribution is 7.89. The molecule has 0 saturated carbocycles. The predicted molar refractivity (Wildman–Crippen MR) is 148 cm³/mol. The Bertz CT molecular complexity index is 1700. The van der Waals surface area contributed by atoms with E-state index in [0.717, 1.165) is 16.7 Å². The number of benzene rings is 3. The van der Waals surface area contributed by atoms with E-state index in [1.807, 2.05) is 60.7 Å². The topological polar surface area (TPSA) is 88.4 Å². The van der Waals surface area contributed by atoms with Gasteiger partial charge in [-0.15, -0.1) is 0 Å². The van der Waals surface area contributed by atoms with Crippen LogP contribution < -0.4 is 15.5 Å². The summed E-state index contributed by atoms with van der Waals surface area (Å²) < 4.78 is 29.9. The van der Waals surface area contributed by atoms with E-state index in [1.165, 1.54) is 0 Å². The minimum Gasteiger partial charge on any atom is -0.366 e. The molecule has 10 heteroatoms. The average Bonchev–Trinajstić information content (AvgIpc) is 3.27. The lowest BCUT2D eigenvalue weighted by molar-refractivity contribution is 0.580. The van der Waals surface area contributed by atoms with Gasteiger partial charge in [-0.2, -0.15) is 9.61 Å². The molecule has 0 aliphatic rings. The molecule has 0 saturated heterocycles. The quantitative estimate of drug-likeness (QED) is 0.295. The minimum atomic E-state index is -3.62. The highest BCUT2D eigenvalue weighted by Crippen LogP contribution is 2.28. The number of halogens is 1. The Hall–Kier alpha value is -3.66. The number of fused-ring (bicyclic) bond motifs is 1. The Labute approximate surface area is 222 Å². The maximum absolute atomic E-state index is 12.8. The summed E-state index contributed by atoms with van der Waals surface area (Å²) in [5.74, 6) is 0.697. The predicted octanol–water partition coefficient (Wildman–Crippen LogP) is 4.24. The number of nitrogens with zero attached hydrogens (tertiary/aromatic N) is 3. The Balaban J connectivity index is 1.36. The number of nitrogens with one attached hydrogen (secondary N) is 2. The van der Waals surface area contributed by atoms with Crippen molar-refractivity contribution in [3.8, 4) is 11.3 Å². The number of hydrogen-bond acceptors (Lipinski definition) is 5. The Morgan fingerprint density at radius 3 is 2.46 bits per heavy atom. The summed E-state index contributed by atoms with van der Waals surface area (Å²) in [4.78, 5) is 4.94. The molecule has 3 aromatic carbocycles. The largest absolute Gasteiger partial charge is 0.366 e. The van der Waals surface area contributed by atoms with Crippen molar-refractivity contribution >= 4 is 46.4 Å². The fraction of sp³-hybridized carbons (Fsp3) is 0.111. The molecule has 0 aliphatic heterocycles. The summed E-state index contributed by atoms with van der Waals surface area (Å²) in [5, 5.41) is 8.34. The molecule has 0 fully saturated rings. The summed E-state index contributed by atoms with van der Waals surface area (Å²) in [7, 11) is 2.49. The highest BCUT2D eigenvalue weighted by Gasteiger charge is 2.16. The first kappa shape index (κ1) is 25.0. The van der Waals surface area contributed by atoms with Gasteiger partial charge in [0, 0.05) is 35.9 Å². The van der Waals surface area contributed by atoms with E-state index in [2.05, 4.69) is 20.1 Å². The van der Waals surface area contributed by atoms with E-state index >= 15 is 0 Å². The van der Waals surface area contributed by atoms with Crippen molar-refractivity contribution in [2.75, 3.05) is 5.32 Å². The van der Waals surface area contributed by atoms with Crippen LogP contribution in [0.15, 0.2) is 90.0 Å². The Kier molecular flexibility index (Phi) is 7.01. The molecule has 0 bridgehead atoms. The van der Waals surface area contributed by atoms with Crippen molar-refractivity contribution in [1.82, 2.24) is 19.3 Å². The van der Waals surface area contributed by atoms with E-state index < -0.39 is 10.0 Å². The Morgan fingerprint density at radius 1 is 0.946 bits per heavy atom. The molecular weight excluding hydrogens is 505 g/mol. The molecule has 2 heterocycles. The summed E-state index contributed by atoms with van der Waals surface area (Å²) in [6.45, 7) is 2.43. The van der Waals surface area contributed by atoms with Gasteiger partial charge < -0.3 is 5.32 Å². The third kappa shape index (κ3) is 5.39. The van der Waals surface area contributed by atoms with E-state index in [-0.39, 0.29) is 11.4 Å². The molecule has 37 heavy (non-hydrogen) atoms. The van der Waals surface area contributed by atoms with Crippen LogP contribution >= 0.6 is 11.6 Å². The van der Waals surface area contributed by atoms with Gasteiger partial charge in [0.1, 0.15) is 13.7 Å². The normalized spacial score (nSPS) is 11.6. The van der Waals surface area contributed by atoms with Crippen molar-refractivity contribution < 1.29 is 8.42 Å². The number of hydrogen-bond donors (Lipinski definition) is 2. The van der Waals surface area contributed by atoms with Gasteiger partial charge in [0.2, 0.25) is 10.0 Å². The summed E-state index contributed by atoms with van der Waals surface area (Å²) in [5.41, 5.74) is 4.96. The van der Waals surface area contributed by atoms with Gasteiger partial charge in [0.25, 0.3) is 0 Å². The van der Waals surface area contributed by atoms with Gasteiger partial charge in [-0.25, -0.2) is 18.1 Å². The van der Waals surface area contributed by atoms with Crippen molar-refractivity contribution in [2.45, 2.75) is 24.9 Å². The molecule has 184 valence electrons. The highest BCUT2D eigenvalue weighted by atomic mass is 35.5. The molecule has 0 spiro atoms. The number of aryl methyl sites for hydroxylation is 1. The van der Waals surface area contributed by atoms with Crippen molar-refractivity contribution in [3.63, 3.8) is 0 Å². The van der Waals surface area contributed by atoms with Gasteiger partial charge in [-0.3, -0.25) is 0 Å². The second-order valence-corrected chi connectivity index (χ2v) is 10.7. The Morgan fingerprint density at radius 2 is 1.68 bits per heavy atom. The van der Waals surface area contributed by atoms with E-state index in [4.69, 9.17) is 19.4 Å². The smallest absolute Gasteiger partial charge is 0.241 e. The first-order valence-corrected chi connectivity index (χ1v) is 13.4. The van der Waals surface area contributed by atoms with Crippen LogP contribution in [0.4, 0.5) is 5.82 Å². The number of anilines is 1. The first-order chi connectivity index (χ1) is 17.8. The zero-order valence-electron chi connectivity index (χ0n) is 20.0. The lowest BCUT2D eigenvalue weighted by atomic mass is 10.0. The molecule has 7 nitrogen and oxygen atoms in total. The van der Waals surface area contributed by atoms with Crippen LogP contribution in [0, 0.1) is 6.92 Å². The number of rotatable bonds is 8. The standard InChI is InChI=1S/C27H23BClN5O2S/c1-18-7-2-5-12-25(18)37(35,36)32-16-20-9-6-8-19(13-20)15-30-26-14-24(21-10-3-4-11-23(21)29)33-27-22(28)17-31-34(26)27/h2-14,17,30,32H,15-16H2,1H3. The van der Waals surface area contributed by atoms with E-state index in [9.17, 15) is 8.42 Å². The maximum Gasteiger partial charge on any atom is 0.241 e. The molecule has 0 amide bonds. The maximum atomic E-state index is 12.8. The molecule has 2 aromatic heterocycles. The lowest BCUT2D eigenvalue weighted by Gasteiger charge is -2.13. The number of aromatic nitrogens is 3. The second kappa shape index (κ2) is 10.4.